The number of benzene rings is 2. The highest BCUT2D eigenvalue weighted by Gasteiger charge is 2.45. The molecule has 0 amide bonds. The molecule has 6 N–H and O–H groups in total. The average molecular weight is 551 g/mol. The molecular weight excluding hydrogens is 528 g/mol. The minimum Gasteiger partial charge on any atom is -0.504 e. The number of nitrogens with two attached hydrogens (primary N) is 1. The Labute approximate surface area is 225 Å². The van der Waals surface area contributed by atoms with Gasteiger partial charge < -0.3 is 35.5 Å². The Morgan fingerprint density at radius 1 is 1.03 bits per heavy atom. The van der Waals surface area contributed by atoms with Crippen molar-refractivity contribution in [3.8, 4) is 5.75 Å². The summed E-state index contributed by atoms with van der Waals surface area (Å²) in [4.78, 5) is 12.6. The van der Waals surface area contributed by atoms with E-state index in [0.717, 1.165) is 11.1 Å². The van der Waals surface area contributed by atoms with E-state index in [0.29, 0.717) is 17.0 Å². The fraction of sp³-hybridized carbons (Fsp3) is 0.240. The number of halogens is 1. The van der Waals surface area contributed by atoms with Crippen LogP contribution in [0.15, 0.2) is 65.1 Å². The summed E-state index contributed by atoms with van der Waals surface area (Å²) in [6, 6.07) is 14.6. The van der Waals surface area contributed by atoms with Gasteiger partial charge in [0.1, 0.15) is 24.6 Å². The van der Waals surface area contributed by atoms with Gasteiger partial charge in [-0.1, -0.05) is 35.9 Å². The molecule has 0 bridgehead atoms. The maximum atomic E-state index is 11.1. The molecule has 1 aliphatic rings. The van der Waals surface area contributed by atoms with Crippen molar-refractivity contribution in [2.75, 3.05) is 12.3 Å². The second-order valence-corrected chi connectivity index (χ2v) is 9.48. The van der Waals surface area contributed by atoms with Crippen molar-refractivity contribution in [3.63, 3.8) is 0 Å². The molecule has 3 aromatic heterocycles. The Morgan fingerprint density at radius 3 is 2.54 bits per heavy atom. The third-order valence-electron chi connectivity index (χ3n) is 6.66. The summed E-state index contributed by atoms with van der Waals surface area (Å²) in [6.45, 7) is -0.162. The lowest BCUT2D eigenvalue weighted by Gasteiger charge is -2.17. The molecule has 0 unspecified atom stereocenters. The standard InChI is InChI=1S/C25H23ClN8O5/c26-13-7-5-12(6-8-13)9-33-15-4-2-1-3-14(15)18(36)23(33)31-32-25-30-17-21(27)28-11-29-22(17)34(25)24-20(38)19(37)16(10-35)39-24/h1-8,11,16,19-20,24,35-38H,9-10H2,(H2,27,28,29)/t16-,19-,20-,24+/m1/s1. The molecule has 0 spiro atoms. The Balaban J connectivity index is 1.49. The number of nitrogen functional groups attached to an aromatic ring is 1. The van der Waals surface area contributed by atoms with Crippen molar-refractivity contribution in [3.05, 3.63) is 65.4 Å². The van der Waals surface area contributed by atoms with Crippen molar-refractivity contribution in [2.24, 2.45) is 10.2 Å². The van der Waals surface area contributed by atoms with Crippen LogP contribution in [-0.2, 0) is 11.3 Å². The van der Waals surface area contributed by atoms with Crippen LogP contribution in [0.25, 0.3) is 22.1 Å². The summed E-state index contributed by atoms with van der Waals surface area (Å²) in [6.07, 6.45) is -3.84. The zero-order chi connectivity index (χ0) is 27.3. The Bertz CT molecular complexity index is 1700. The highest BCUT2D eigenvalue weighted by atomic mass is 35.5. The lowest BCUT2D eigenvalue weighted by molar-refractivity contribution is -0.0503. The highest BCUT2D eigenvalue weighted by molar-refractivity contribution is 6.30. The highest BCUT2D eigenvalue weighted by Crippen LogP contribution is 2.41. The number of hydrogen-bond acceptors (Lipinski definition) is 11. The van der Waals surface area contributed by atoms with Gasteiger partial charge in [-0.2, -0.15) is 0 Å². The molecule has 0 radical (unpaired) electrons. The maximum Gasteiger partial charge on any atom is 0.254 e. The second kappa shape index (κ2) is 9.87. The van der Waals surface area contributed by atoms with Gasteiger partial charge in [-0.25, -0.2) is 15.0 Å². The monoisotopic (exact) mass is 550 g/mol. The van der Waals surface area contributed by atoms with Crippen LogP contribution in [0.4, 0.5) is 17.6 Å². The molecule has 14 heteroatoms. The van der Waals surface area contributed by atoms with E-state index in [4.69, 9.17) is 22.1 Å². The number of rotatable bonds is 6. The zero-order valence-electron chi connectivity index (χ0n) is 20.2. The Morgan fingerprint density at radius 2 is 1.79 bits per heavy atom. The van der Waals surface area contributed by atoms with Crippen LogP contribution < -0.4 is 5.73 Å². The molecule has 13 nitrogen and oxygen atoms in total. The number of anilines is 1. The normalized spacial score (nSPS) is 21.5. The number of aromatic nitrogens is 5. The lowest BCUT2D eigenvalue weighted by atomic mass is 10.1. The van der Waals surface area contributed by atoms with Gasteiger partial charge in [0.05, 0.1) is 12.1 Å². The van der Waals surface area contributed by atoms with E-state index in [1.54, 1.807) is 28.8 Å². The van der Waals surface area contributed by atoms with Gasteiger partial charge in [0.2, 0.25) is 0 Å². The number of fused-ring (bicyclic) bond motifs is 2. The van der Waals surface area contributed by atoms with Crippen molar-refractivity contribution < 1.29 is 25.2 Å². The molecule has 4 atom stereocenters. The smallest absolute Gasteiger partial charge is 0.254 e. The number of azo groups is 1. The van der Waals surface area contributed by atoms with Gasteiger partial charge in [-0.05, 0) is 29.8 Å². The van der Waals surface area contributed by atoms with Gasteiger partial charge in [-0.3, -0.25) is 4.57 Å². The van der Waals surface area contributed by atoms with Crippen LogP contribution in [0.5, 0.6) is 5.75 Å². The summed E-state index contributed by atoms with van der Waals surface area (Å²) < 4.78 is 8.83. The van der Waals surface area contributed by atoms with Crippen LogP contribution in [-0.4, -0.2) is 69.4 Å². The fourth-order valence-electron chi connectivity index (χ4n) is 4.71. The van der Waals surface area contributed by atoms with E-state index < -0.39 is 31.1 Å². The molecule has 1 fully saturated rings. The molecule has 6 rings (SSSR count). The van der Waals surface area contributed by atoms with Gasteiger partial charge in [-0.15, -0.1) is 10.2 Å². The fourth-order valence-corrected chi connectivity index (χ4v) is 4.84. The molecule has 4 heterocycles. The first kappa shape index (κ1) is 25.2. The van der Waals surface area contributed by atoms with Crippen LogP contribution in [0.1, 0.15) is 11.8 Å². The summed E-state index contributed by atoms with van der Waals surface area (Å²) >= 11 is 6.05. The maximum absolute atomic E-state index is 11.1. The van der Waals surface area contributed by atoms with E-state index in [2.05, 4.69) is 25.2 Å². The van der Waals surface area contributed by atoms with E-state index in [-0.39, 0.29) is 34.5 Å². The molecule has 1 aliphatic heterocycles. The number of aliphatic hydroxyl groups is 3. The lowest BCUT2D eigenvalue weighted by Crippen LogP contribution is -2.33. The van der Waals surface area contributed by atoms with Crippen LogP contribution in [0.3, 0.4) is 0 Å². The number of aromatic hydroxyl groups is 1. The SMILES string of the molecule is Nc1ncnc2c1nc(N=Nc1c(O)c3ccccc3n1Cc1ccc(Cl)cc1)n2[C@H]1O[C@H](CO)[C@@H](O)[C@H]1O. The van der Waals surface area contributed by atoms with E-state index in [1.807, 2.05) is 24.3 Å². The summed E-state index contributed by atoms with van der Waals surface area (Å²) in [5.74, 6) is 0.0551. The predicted octanol–water partition coefficient (Wildman–Crippen LogP) is 2.80. The minimum absolute atomic E-state index is 0.0571. The van der Waals surface area contributed by atoms with Gasteiger partial charge in [0, 0.05) is 17.0 Å². The molecule has 0 saturated carbocycles. The van der Waals surface area contributed by atoms with Gasteiger partial charge >= 0.3 is 0 Å². The topological polar surface area (TPSA) is 189 Å². The summed E-state index contributed by atoms with van der Waals surface area (Å²) in [5, 5.41) is 51.5. The number of nitrogens with zero attached hydrogens (tertiary/aromatic N) is 7. The molecule has 2 aromatic carbocycles. The Kier molecular flexibility index (Phi) is 6.37. The number of ether oxygens (including phenoxy) is 1. The van der Waals surface area contributed by atoms with Crippen molar-refractivity contribution in [1.29, 1.82) is 0 Å². The molecular formula is C25H23ClN8O5. The van der Waals surface area contributed by atoms with Crippen LogP contribution >= 0.6 is 11.6 Å². The first-order valence-corrected chi connectivity index (χ1v) is 12.3. The number of aliphatic hydroxyl groups excluding tert-OH is 3. The average Bonchev–Trinajstić information content (AvgIpc) is 3.54. The summed E-state index contributed by atoms with van der Waals surface area (Å²) in [5.41, 5.74) is 8.01. The van der Waals surface area contributed by atoms with E-state index in [9.17, 15) is 20.4 Å². The summed E-state index contributed by atoms with van der Waals surface area (Å²) in [7, 11) is 0. The van der Waals surface area contributed by atoms with Crippen molar-refractivity contribution in [2.45, 2.75) is 31.1 Å². The van der Waals surface area contributed by atoms with Crippen LogP contribution in [0, 0.1) is 0 Å². The quantitative estimate of drug-likeness (QED) is 0.198. The molecule has 5 aromatic rings. The van der Waals surface area contributed by atoms with Crippen molar-refractivity contribution >= 4 is 51.3 Å². The first-order valence-electron chi connectivity index (χ1n) is 11.9. The van der Waals surface area contributed by atoms with Gasteiger partial charge in [0.15, 0.2) is 34.8 Å². The Hall–Kier alpha value is -4.14. The molecule has 200 valence electrons. The van der Waals surface area contributed by atoms with E-state index in [1.165, 1.54) is 10.9 Å². The third kappa shape index (κ3) is 4.26. The zero-order valence-corrected chi connectivity index (χ0v) is 21.0. The van der Waals surface area contributed by atoms with Crippen molar-refractivity contribution in [1.82, 2.24) is 24.1 Å². The first-order chi connectivity index (χ1) is 18.9. The number of hydrogen-bond donors (Lipinski definition) is 5. The number of para-hydroxylation sites is 1. The third-order valence-corrected chi connectivity index (χ3v) is 6.92. The molecule has 39 heavy (non-hydrogen) atoms. The largest absolute Gasteiger partial charge is 0.504 e. The van der Waals surface area contributed by atoms with Crippen LogP contribution in [0.2, 0.25) is 5.02 Å². The minimum atomic E-state index is -1.44. The second-order valence-electron chi connectivity index (χ2n) is 9.04. The van der Waals surface area contributed by atoms with E-state index >= 15 is 0 Å². The number of imidazole rings is 1. The molecule has 0 aliphatic carbocycles. The predicted molar refractivity (Wildman–Crippen MR) is 141 cm³/mol. The van der Waals surface area contributed by atoms with Gasteiger partial charge in [0.25, 0.3) is 5.95 Å². The molecule has 1 saturated heterocycles.